The van der Waals surface area contributed by atoms with Crippen LogP contribution in [0.2, 0.25) is 0 Å². The zero-order chi connectivity index (χ0) is 10.2. The van der Waals surface area contributed by atoms with Gasteiger partial charge in [0.15, 0.2) is 0 Å². The Balaban J connectivity index is 4.97. The summed E-state index contributed by atoms with van der Waals surface area (Å²) in [7, 11) is -7.21. The van der Waals surface area contributed by atoms with Crippen LogP contribution in [0.4, 0.5) is 0 Å². The molecule has 4 N–H and O–H groups in total. The van der Waals surface area contributed by atoms with Crippen molar-refractivity contribution in [3.05, 3.63) is 0 Å². The molecule has 0 spiro atoms. The Labute approximate surface area is 69.3 Å². The Bertz CT molecular complexity index is 217. The highest BCUT2D eigenvalue weighted by Gasteiger charge is 2.44. The predicted octanol–water partition coefficient (Wildman–Crippen LogP) is -0.813. The molecule has 0 aromatic rings. The third-order valence-corrected chi connectivity index (χ3v) is 5.00. The normalized spacial score (nSPS) is 14.3. The number of hydrogen-bond donors (Lipinski definition) is 4. The van der Waals surface area contributed by atoms with Gasteiger partial charge in [0.1, 0.15) is 0 Å². The molecule has 74 valence electrons. The molecule has 0 aliphatic heterocycles. The minimum atomic E-state index is -4.79. The lowest BCUT2D eigenvalue weighted by molar-refractivity contribution is 0.280. The molecule has 0 amide bonds. The standard InChI is InChI=1S/C3H11NO6P2/c1-4(2)3(11(5,6)7)12(8,9)10/h3H,1-2H3,(H2,5,6,7)(H2,8,9,10). The second-order valence-electron chi connectivity index (χ2n) is 2.49. The fourth-order valence-electron chi connectivity index (χ4n) is 0.798. The predicted molar refractivity (Wildman–Crippen MR) is 41.6 cm³/mol. The molecule has 9 heteroatoms. The molecule has 0 aromatic heterocycles. The largest absolute Gasteiger partial charge is 0.354 e. The maximum atomic E-state index is 10.6. The van der Waals surface area contributed by atoms with Crippen LogP contribution in [0.5, 0.6) is 0 Å². The number of nitrogens with zero attached hydrogens (tertiary/aromatic N) is 1. The van der Waals surface area contributed by atoms with Gasteiger partial charge in [0.05, 0.1) is 0 Å². The van der Waals surface area contributed by atoms with Gasteiger partial charge in [-0.15, -0.1) is 0 Å². The first kappa shape index (κ1) is 12.3. The summed E-state index contributed by atoms with van der Waals surface area (Å²) in [5.74, 6) is 0. The van der Waals surface area contributed by atoms with E-state index in [1.54, 1.807) is 0 Å². The van der Waals surface area contributed by atoms with E-state index >= 15 is 0 Å². The first-order valence-corrected chi connectivity index (χ1v) is 6.20. The Morgan fingerprint density at radius 1 is 1.00 bits per heavy atom. The molecule has 0 fully saturated rings. The van der Waals surface area contributed by atoms with Gasteiger partial charge >= 0.3 is 15.2 Å². The summed E-state index contributed by atoms with van der Waals surface area (Å²) in [5, 5.41) is 0. The SMILES string of the molecule is CN(C)C(P(=O)(O)O)P(=O)(O)O. The molecule has 0 rings (SSSR count). The zero-order valence-corrected chi connectivity index (χ0v) is 8.31. The number of rotatable bonds is 3. The van der Waals surface area contributed by atoms with E-state index in [4.69, 9.17) is 19.6 Å². The van der Waals surface area contributed by atoms with Crippen LogP contribution in [-0.4, -0.2) is 44.1 Å². The first-order chi connectivity index (χ1) is 5.07. The zero-order valence-electron chi connectivity index (χ0n) is 6.52. The van der Waals surface area contributed by atoms with E-state index in [0.717, 1.165) is 4.90 Å². The highest BCUT2D eigenvalue weighted by Crippen LogP contribution is 2.60. The molecule has 0 radical (unpaired) electrons. The van der Waals surface area contributed by atoms with Crippen molar-refractivity contribution in [3.8, 4) is 0 Å². The van der Waals surface area contributed by atoms with E-state index in [0.29, 0.717) is 0 Å². The maximum Gasteiger partial charge on any atom is 0.354 e. The lowest BCUT2D eigenvalue weighted by atomic mass is 11.0. The molecular formula is C3H11NO6P2. The topological polar surface area (TPSA) is 118 Å². The van der Waals surface area contributed by atoms with E-state index in [-0.39, 0.29) is 0 Å². The smallest absolute Gasteiger partial charge is 0.323 e. The van der Waals surface area contributed by atoms with Crippen molar-refractivity contribution >= 4 is 15.2 Å². The summed E-state index contributed by atoms with van der Waals surface area (Å²) < 4.78 is 21.2. The summed E-state index contributed by atoms with van der Waals surface area (Å²) in [4.78, 5) is 35.0. The molecule has 0 unspecified atom stereocenters. The molecule has 0 heterocycles. The Hall–Kier alpha value is 0.260. The lowest BCUT2D eigenvalue weighted by Crippen LogP contribution is -2.27. The van der Waals surface area contributed by atoms with E-state index in [1.807, 2.05) is 0 Å². The highest BCUT2D eigenvalue weighted by molar-refractivity contribution is 7.70. The van der Waals surface area contributed by atoms with Crippen LogP contribution in [0.25, 0.3) is 0 Å². The summed E-state index contributed by atoms with van der Waals surface area (Å²) >= 11 is 0. The van der Waals surface area contributed by atoms with Crippen LogP contribution in [0.15, 0.2) is 0 Å². The summed E-state index contributed by atoms with van der Waals surface area (Å²) in [5.41, 5.74) is -2.05. The van der Waals surface area contributed by atoms with E-state index in [2.05, 4.69) is 0 Å². The third-order valence-electron chi connectivity index (χ3n) is 1.06. The quantitative estimate of drug-likeness (QED) is 0.458. The molecule has 0 bridgehead atoms. The van der Waals surface area contributed by atoms with Crippen molar-refractivity contribution in [2.45, 2.75) is 5.52 Å². The summed E-state index contributed by atoms with van der Waals surface area (Å²) in [6.07, 6.45) is 0. The number of hydrogen-bond acceptors (Lipinski definition) is 3. The molecule has 0 aliphatic carbocycles. The van der Waals surface area contributed by atoms with Crippen molar-refractivity contribution in [1.29, 1.82) is 0 Å². The average molecular weight is 219 g/mol. The van der Waals surface area contributed by atoms with E-state index < -0.39 is 20.7 Å². The van der Waals surface area contributed by atoms with Gasteiger partial charge in [0.2, 0.25) is 5.52 Å². The van der Waals surface area contributed by atoms with Gasteiger partial charge in [-0.1, -0.05) is 0 Å². The Morgan fingerprint density at radius 2 is 1.25 bits per heavy atom. The van der Waals surface area contributed by atoms with Gasteiger partial charge in [0, 0.05) is 0 Å². The average Bonchev–Trinajstić information content (AvgIpc) is 1.49. The Morgan fingerprint density at radius 3 is 1.25 bits per heavy atom. The van der Waals surface area contributed by atoms with Crippen molar-refractivity contribution < 1.29 is 28.7 Å². The van der Waals surface area contributed by atoms with Crippen molar-refractivity contribution in [1.82, 2.24) is 4.90 Å². The summed E-state index contributed by atoms with van der Waals surface area (Å²) in [6.45, 7) is 0. The minimum Gasteiger partial charge on any atom is -0.323 e. The fraction of sp³-hybridized carbons (Fsp3) is 1.00. The third kappa shape index (κ3) is 3.33. The van der Waals surface area contributed by atoms with Gasteiger partial charge in [-0.25, -0.2) is 0 Å². The van der Waals surface area contributed by atoms with Crippen LogP contribution < -0.4 is 0 Å². The van der Waals surface area contributed by atoms with Crippen LogP contribution in [0, 0.1) is 0 Å². The highest BCUT2D eigenvalue weighted by atomic mass is 31.2. The van der Waals surface area contributed by atoms with Gasteiger partial charge in [-0.2, -0.15) is 0 Å². The molecule has 0 aromatic carbocycles. The molecule has 0 saturated carbocycles. The molecule has 0 saturated heterocycles. The molecule has 12 heavy (non-hydrogen) atoms. The van der Waals surface area contributed by atoms with E-state index in [9.17, 15) is 9.13 Å². The molecule has 7 nitrogen and oxygen atoms in total. The van der Waals surface area contributed by atoms with Gasteiger partial charge < -0.3 is 19.6 Å². The van der Waals surface area contributed by atoms with Crippen LogP contribution in [-0.2, 0) is 9.13 Å². The molecular weight excluding hydrogens is 208 g/mol. The van der Waals surface area contributed by atoms with Crippen molar-refractivity contribution in [2.24, 2.45) is 0 Å². The second-order valence-corrected chi connectivity index (χ2v) is 6.23. The maximum absolute atomic E-state index is 10.6. The Kier molecular flexibility index (Phi) is 3.63. The monoisotopic (exact) mass is 219 g/mol. The van der Waals surface area contributed by atoms with Crippen LogP contribution in [0.3, 0.4) is 0 Å². The minimum absolute atomic E-state index is 0.807. The molecule has 0 aliphatic rings. The first-order valence-electron chi connectivity index (χ1n) is 2.83. The molecule has 0 atom stereocenters. The lowest BCUT2D eigenvalue weighted by Gasteiger charge is -2.25. The van der Waals surface area contributed by atoms with E-state index in [1.165, 1.54) is 14.1 Å². The van der Waals surface area contributed by atoms with Gasteiger partial charge in [0.25, 0.3) is 0 Å². The fourth-order valence-corrected chi connectivity index (χ4v) is 3.57. The van der Waals surface area contributed by atoms with Crippen LogP contribution in [0.1, 0.15) is 0 Å². The summed E-state index contributed by atoms with van der Waals surface area (Å²) in [6, 6.07) is 0. The second kappa shape index (κ2) is 3.55. The van der Waals surface area contributed by atoms with Gasteiger partial charge in [-0.05, 0) is 14.1 Å². The van der Waals surface area contributed by atoms with Gasteiger partial charge in [-0.3, -0.25) is 14.0 Å². The van der Waals surface area contributed by atoms with Crippen molar-refractivity contribution in [3.63, 3.8) is 0 Å². The van der Waals surface area contributed by atoms with Crippen LogP contribution >= 0.6 is 15.2 Å². The van der Waals surface area contributed by atoms with Crippen molar-refractivity contribution in [2.75, 3.05) is 14.1 Å².